The lowest BCUT2D eigenvalue weighted by molar-refractivity contribution is -0.145. The Morgan fingerprint density at radius 3 is 2.44 bits per heavy atom. The van der Waals surface area contributed by atoms with Crippen LogP contribution in [0.1, 0.15) is 15.9 Å². The number of benzene rings is 2. The third kappa shape index (κ3) is 5.18. The van der Waals surface area contributed by atoms with Crippen molar-refractivity contribution in [1.82, 2.24) is 9.78 Å². The fourth-order valence-electron chi connectivity index (χ4n) is 2.37. The van der Waals surface area contributed by atoms with E-state index < -0.39 is 0 Å². The Morgan fingerprint density at radius 1 is 1.07 bits per heavy atom. The molecule has 27 heavy (non-hydrogen) atoms. The summed E-state index contributed by atoms with van der Waals surface area (Å²) in [6.07, 6.45) is 3.29. The predicted octanol–water partition coefficient (Wildman–Crippen LogP) is 2.89. The van der Waals surface area contributed by atoms with Crippen LogP contribution in [0.25, 0.3) is 0 Å². The number of hydrogen-bond acceptors (Lipinski definition) is 5. The summed E-state index contributed by atoms with van der Waals surface area (Å²) in [7, 11) is 1.59. The Morgan fingerprint density at radius 2 is 1.81 bits per heavy atom. The Kier molecular flexibility index (Phi) is 5.84. The van der Waals surface area contributed by atoms with E-state index in [4.69, 9.17) is 9.47 Å². The Labute approximate surface area is 156 Å². The van der Waals surface area contributed by atoms with Crippen molar-refractivity contribution in [2.24, 2.45) is 0 Å². The van der Waals surface area contributed by atoms with Crippen molar-refractivity contribution < 1.29 is 19.1 Å². The van der Waals surface area contributed by atoms with Gasteiger partial charge in [-0.25, -0.2) is 0 Å². The van der Waals surface area contributed by atoms with E-state index in [2.05, 4.69) is 10.4 Å². The second-order valence-electron chi connectivity index (χ2n) is 5.74. The van der Waals surface area contributed by atoms with Gasteiger partial charge in [0.1, 0.15) is 18.9 Å². The van der Waals surface area contributed by atoms with Crippen LogP contribution in [0.15, 0.2) is 67.0 Å². The van der Waals surface area contributed by atoms with E-state index in [-0.39, 0.29) is 25.0 Å². The number of methoxy groups -OCH3 is 1. The number of carbonyl (C=O) groups is 2. The first-order chi connectivity index (χ1) is 13.1. The summed E-state index contributed by atoms with van der Waals surface area (Å²) >= 11 is 0. The quantitative estimate of drug-likeness (QED) is 0.651. The molecule has 0 aliphatic carbocycles. The number of esters is 1. The summed E-state index contributed by atoms with van der Waals surface area (Å²) in [5.74, 6) is 0.127. The second-order valence-corrected chi connectivity index (χ2v) is 5.74. The predicted molar refractivity (Wildman–Crippen MR) is 99.4 cm³/mol. The topological polar surface area (TPSA) is 82.5 Å². The summed E-state index contributed by atoms with van der Waals surface area (Å²) < 4.78 is 11.8. The number of nitrogens with one attached hydrogen (secondary N) is 1. The molecule has 7 heteroatoms. The largest absolute Gasteiger partial charge is 0.497 e. The van der Waals surface area contributed by atoms with Gasteiger partial charge in [0.15, 0.2) is 0 Å². The number of carbonyl (C=O) groups excluding carboxylic acids is 2. The highest BCUT2D eigenvalue weighted by molar-refractivity contribution is 6.04. The molecule has 0 bridgehead atoms. The minimum Gasteiger partial charge on any atom is -0.497 e. The highest BCUT2D eigenvalue weighted by Crippen LogP contribution is 2.16. The average molecular weight is 365 g/mol. The molecule has 3 rings (SSSR count). The molecule has 2 aromatic carbocycles. The van der Waals surface area contributed by atoms with Gasteiger partial charge in [0, 0.05) is 23.6 Å². The number of nitrogens with zero attached hydrogens (tertiary/aromatic N) is 2. The Balaban J connectivity index is 1.51. The van der Waals surface area contributed by atoms with E-state index in [0.29, 0.717) is 11.3 Å². The zero-order chi connectivity index (χ0) is 19.1. The SMILES string of the molecule is COc1ccc(NC(=O)c2ccc(COC(=O)Cn3cccn3)cc2)cc1. The van der Waals surface area contributed by atoms with Crippen molar-refractivity contribution in [1.29, 1.82) is 0 Å². The maximum absolute atomic E-state index is 12.3. The lowest BCUT2D eigenvalue weighted by Gasteiger charge is -2.08. The normalized spacial score (nSPS) is 10.3. The van der Waals surface area contributed by atoms with Crippen molar-refractivity contribution in [2.75, 3.05) is 12.4 Å². The molecule has 7 nitrogen and oxygen atoms in total. The molecule has 0 saturated carbocycles. The highest BCUT2D eigenvalue weighted by Gasteiger charge is 2.08. The molecule has 0 unspecified atom stereocenters. The summed E-state index contributed by atoms with van der Waals surface area (Å²) in [6, 6.07) is 15.7. The molecular weight excluding hydrogens is 346 g/mol. The van der Waals surface area contributed by atoms with E-state index in [9.17, 15) is 9.59 Å². The van der Waals surface area contributed by atoms with E-state index >= 15 is 0 Å². The van der Waals surface area contributed by atoms with Crippen LogP contribution in [0.5, 0.6) is 5.75 Å². The number of rotatable bonds is 7. The van der Waals surface area contributed by atoms with Crippen molar-refractivity contribution >= 4 is 17.6 Å². The minimum absolute atomic E-state index is 0.0648. The monoisotopic (exact) mass is 365 g/mol. The molecule has 0 aliphatic heterocycles. The third-order valence-corrected chi connectivity index (χ3v) is 3.81. The van der Waals surface area contributed by atoms with Crippen LogP contribution in [0.4, 0.5) is 5.69 Å². The van der Waals surface area contributed by atoms with Crippen molar-refractivity contribution in [3.63, 3.8) is 0 Å². The van der Waals surface area contributed by atoms with Crippen molar-refractivity contribution in [2.45, 2.75) is 13.2 Å². The highest BCUT2D eigenvalue weighted by atomic mass is 16.5. The van der Waals surface area contributed by atoms with Crippen LogP contribution < -0.4 is 10.1 Å². The van der Waals surface area contributed by atoms with Gasteiger partial charge in [0.05, 0.1) is 7.11 Å². The molecule has 0 aliphatic rings. The van der Waals surface area contributed by atoms with Crippen molar-refractivity contribution in [3.8, 4) is 5.75 Å². The fraction of sp³-hybridized carbons (Fsp3) is 0.150. The van der Waals surface area contributed by atoms with Gasteiger partial charge in [-0.05, 0) is 48.0 Å². The third-order valence-electron chi connectivity index (χ3n) is 3.81. The van der Waals surface area contributed by atoms with Gasteiger partial charge in [-0.2, -0.15) is 5.10 Å². The van der Waals surface area contributed by atoms with E-state index in [1.807, 2.05) is 0 Å². The van der Waals surface area contributed by atoms with Gasteiger partial charge in [-0.15, -0.1) is 0 Å². The fourth-order valence-corrected chi connectivity index (χ4v) is 2.37. The van der Waals surface area contributed by atoms with Gasteiger partial charge in [0.2, 0.25) is 0 Å². The average Bonchev–Trinajstić information content (AvgIpc) is 3.20. The molecule has 138 valence electrons. The maximum Gasteiger partial charge on any atom is 0.328 e. The standard InChI is InChI=1S/C20H19N3O4/c1-26-18-9-7-17(8-10-18)22-20(25)16-5-3-15(4-6-16)14-27-19(24)13-23-12-2-11-21-23/h2-12H,13-14H2,1H3,(H,22,25). The number of hydrogen-bond donors (Lipinski definition) is 1. The van der Waals surface area contributed by atoms with E-state index in [1.165, 1.54) is 4.68 Å². The molecule has 0 radical (unpaired) electrons. The zero-order valence-corrected chi connectivity index (χ0v) is 14.8. The summed E-state index contributed by atoms with van der Waals surface area (Å²) in [6.45, 7) is 0.204. The van der Waals surface area contributed by atoms with Crippen LogP contribution in [-0.2, 0) is 22.7 Å². The second kappa shape index (κ2) is 8.66. The first-order valence-electron chi connectivity index (χ1n) is 8.31. The maximum atomic E-state index is 12.3. The van der Waals surface area contributed by atoms with Crippen LogP contribution in [-0.4, -0.2) is 28.8 Å². The number of ether oxygens (including phenoxy) is 2. The first-order valence-corrected chi connectivity index (χ1v) is 8.31. The molecule has 1 aromatic heterocycles. The van der Waals surface area contributed by atoms with Crippen LogP contribution in [0.2, 0.25) is 0 Å². The van der Waals surface area contributed by atoms with E-state index in [1.54, 1.807) is 74.1 Å². The number of amides is 1. The lowest BCUT2D eigenvalue weighted by atomic mass is 10.1. The Hall–Kier alpha value is -3.61. The van der Waals surface area contributed by atoms with Gasteiger partial charge < -0.3 is 14.8 Å². The number of anilines is 1. The Bertz CT molecular complexity index is 888. The molecule has 0 atom stereocenters. The molecule has 0 saturated heterocycles. The number of aromatic nitrogens is 2. The summed E-state index contributed by atoms with van der Waals surface area (Å²) in [5.41, 5.74) is 1.99. The molecule has 0 fully saturated rings. The van der Waals surface area contributed by atoms with E-state index in [0.717, 1.165) is 11.3 Å². The van der Waals surface area contributed by atoms with Crippen LogP contribution >= 0.6 is 0 Å². The summed E-state index contributed by atoms with van der Waals surface area (Å²) in [4.78, 5) is 24.0. The summed E-state index contributed by atoms with van der Waals surface area (Å²) in [5, 5.41) is 6.77. The molecular formula is C20H19N3O4. The smallest absolute Gasteiger partial charge is 0.328 e. The van der Waals surface area contributed by atoms with Crippen LogP contribution in [0.3, 0.4) is 0 Å². The molecule has 1 amide bonds. The van der Waals surface area contributed by atoms with Crippen molar-refractivity contribution in [3.05, 3.63) is 78.1 Å². The molecule has 1 heterocycles. The molecule has 0 spiro atoms. The van der Waals surface area contributed by atoms with Crippen LogP contribution in [0, 0.1) is 0 Å². The van der Waals surface area contributed by atoms with Gasteiger partial charge >= 0.3 is 5.97 Å². The van der Waals surface area contributed by atoms with Gasteiger partial charge in [-0.3, -0.25) is 14.3 Å². The first kappa shape index (κ1) is 18.2. The molecule has 1 N–H and O–H groups in total. The zero-order valence-electron chi connectivity index (χ0n) is 14.8. The molecule has 3 aromatic rings. The minimum atomic E-state index is -0.375. The van der Waals surface area contributed by atoms with Gasteiger partial charge in [-0.1, -0.05) is 12.1 Å². The lowest BCUT2D eigenvalue weighted by Crippen LogP contribution is -2.14. The van der Waals surface area contributed by atoms with Gasteiger partial charge in [0.25, 0.3) is 5.91 Å².